The molecule has 0 radical (unpaired) electrons. The van der Waals surface area contributed by atoms with E-state index in [0.717, 1.165) is 0 Å². The van der Waals surface area contributed by atoms with Crippen LogP contribution in [0.5, 0.6) is 0 Å². The quantitative estimate of drug-likeness (QED) is 0.259. The Balaban J connectivity index is 1.89. The first-order chi connectivity index (χ1) is 13.9. The predicted molar refractivity (Wildman–Crippen MR) is 122 cm³/mol. The number of hydrogen-bond acceptors (Lipinski definition) is 1. The summed E-state index contributed by atoms with van der Waals surface area (Å²) in [5.74, 6) is 0. The van der Waals surface area contributed by atoms with E-state index in [2.05, 4.69) is 95.6 Å². The molecule has 7 rings (SSSR count). The molecule has 0 unspecified atom stereocenters. The molecule has 0 saturated heterocycles. The van der Waals surface area contributed by atoms with Gasteiger partial charge >= 0.3 is 0 Å². The SMILES string of the molecule is c1ccc(-n2c3cccc4ccc5cc6sc7ccccc7c6c2c5c43)cc1. The van der Waals surface area contributed by atoms with Gasteiger partial charge in [0.15, 0.2) is 0 Å². The molecule has 2 aromatic heterocycles. The van der Waals surface area contributed by atoms with Crippen LogP contribution in [0.1, 0.15) is 0 Å². The molecule has 0 saturated carbocycles. The molecule has 0 N–H and O–H groups in total. The molecule has 0 amide bonds. The zero-order valence-electron chi connectivity index (χ0n) is 15.0. The fourth-order valence-corrected chi connectivity index (χ4v) is 5.96. The molecule has 28 heavy (non-hydrogen) atoms. The predicted octanol–water partition coefficient (Wildman–Crippen LogP) is 7.74. The van der Waals surface area contributed by atoms with Crippen LogP contribution < -0.4 is 0 Å². The highest BCUT2D eigenvalue weighted by atomic mass is 32.1. The number of para-hydroxylation sites is 1. The van der Waals surface area contributed by atoms with Crippen molar-refractivity contribution in [2.45, 2.75) is 0 Å². The fourth-order valence-electron chi connectivity index (χ4n) is 4.80. The fraction of sp³-hybridized carbons (Fsp3) is 0. The Kier molecular flexibility index (Phi) is 2.68. The van der Waals surface area contributed by atoms with Gasteiger partial charge in [0.05, 0.1) is 11.0 Å². The number of benzene rings is 5. The number of nitrogens with zero attached hydrogens (tertiary/aromatic N) is 1. The van der Waals surface area contributed by atoms with Crippen molar-refractivity contribution >= 4 is 64.1 Å². The third-order valence-electron chi connectivity index (χ3n) is 5.92. The molecule has 0 bridgehead atoms. The van der Waals surface area contributed by atoms with Crippen molar-refractivity contribution in [2.24, 2.45) is 0 Å². The Morgan fingerprint density at radius 3 is 2.32 bits per heavy atom. The van der Waals surface area contributed by atoms with Gasteiger partial charge in [-0.1, -0.05) is 60.7 Å². The maximum Gasteiger partial charge on any atom is 0.0640 e. The molecule has 0 spiro atoms. The maximum atomic E-state index is 2.46. The van der Waals surface area contributed by atoms with E-state index in [0.29, 0.717) is 0 Å². The van der Waals surface area contributed by atoms with Crippen LogP contribution in [0.25, 0.3) is 58.4 Å². The number of thiophene rings is 1. The smallest absolute Gasteiger partial charge is 0.0640 e. The van der Waals surface area contributed by atoms with Gasteiger partial charge in [0, 0.05) is 36.6 Å². The first-order valence-electron chi connectivity index (χ1n) is 9.55. The molecule has 5 aromatic carbocycles. The van der Waals surface area contributed by atoms with E-state index >= 15 is 0 Å². The van der Waals surface area contributed by atoms with Crippen molar-refractivity contribution < 1.29 is 0 Å². The van der Waals surface area contributed by atoms with Crippen LogP contribution in [-0.2, 0) is 0 Å². The minimum atomic E-state index is 1.22. The number of hydrogen-bond donors (Lipinski definition) is 0. The number of rotatable bonds is 1. The third kappa shape index (κ3) is 1.71. The lowest BCUT2D eigenvalue weighted by molar-refractivity contribution is 1.19. The molecule has 0 aliphatic carbocycles. The van der Waals surface area contributed by atoms with E-state index in [9.17, 15) is 0 Å². The molecule has 7 aromatic rings. The molecule has 0 atom stereocenters. The topological polar surface area (TPSA) is 4.93 Å². The second kappa shape index (κ2) is 5.12. The van der Waals surface area contributed by atoms with Gasteiger partial charge in [-0.2, -0.15) is 0 Å². The van der Waals surface area contributed by atoms with Crippen molar-refractivity contribution in [2.75, 3.05) is 0 Å². The lowest BCUT2D eigenvalue weighted by Crippen LogP contribution is -1.93. The Bertz CT molecular complexity index is 1650. The molecule has 1 nitrogen and oxygen atoms in total. The normalized spacial score (nSPS) is 12.3. The number of fused-ring (bicyclic) bond motifs is 4. The van der Waals surface area contributed by atoms with Gasteiger partial charge in [-0.25, -0.2) is 0 Å². The highest BCUT2D eigenvalue weighted by Gasteiger charge is 2.21. The summed E-state index contributed by atoms with van der Waals surface area (Å²) in [6.45, 7) is 0. The molecule has 0 aliphatic rings. The molecule has 2 heteroatoms. The van der Waals surface area contributed by atoms with Gasteiger partial charge in [-0.3, -0.25) is 0 Å². The van der Waals surface area contributed by atoms with E-state index < -0.39 is 0 Å². The first kappa shape index (κ1) is 14.7. The van der Waals surface area contributed by atoms with Crippen LogP contribution in [0.3, 0.4) is 0 Å². The van der Waals surface area contributed by atoms with E-state index in [-0.39, 0.29) is 0 Å². The molecule has 0 aliphatic heterocycles. The second-order valence-electron chi connectivity index (χ2n) is 7.41. The number of aromatic nitrogens is 1. The highest BCUT2D eigenvalue weighted by molar-refractivity contribution is 7.26. The Morgan fingerprint density at radius 1 is 0.571 bits per heavy atom. The van der Waals surface area contributed by atoms with Gasteiger partial charge in [0.1, 0.15) is 0 Å². The van der Waals surface area contributed by atoms with Crippen molar-refractivity contribution in [1.82, 2.24) is 4.57 Å². The minimum absolute atomic E-state index is 1.22. The van der Waals surface area contributed by atoms with Crippen LogP contribution in [0.2, 0.25) is 0 Å². The molecule has 2 heterocycles. The minimum Gasteiger partial charge on any atom is -0.309 e. The van der Waals surface area contributed by atoms with E-state index in [1.165, 1.54) is 58.4 Å². The molecule has 130 valence electrons. The monoisotopic (exact) mass is 373 g/mol. The molecular weight excluding hydrogens is 358 g/mol. The first-order valence-corrected chi connectivity index (χ1v) is 10.4. The average Bonchev–Trinajstić information content (AvgIpc) is 3.29. The van der Waals surface area contributed by atoms with Crippen LogP contribution in [0.15, 0.2) is 91.0 Å². The summed E-state index contributed by atoms with van der Waals surface area (Å²) in [4.78, 5) is 0. The summed E-state index contributed by atoms with van der Waals surface area (Å²) >= 11 is 1.89. The van der Waals surface area contributed by atoms with Crippen molar-refractivity contribution in [3.8, 4) is 5.69 Å². The van der Waals surface area contributed by atoms with E-state index in [4.69, 9.17) is 0 Å². The van der Waals surface area contributed by atoms with Crippen LogP contribution >= 0.6 is 11.3 Å². The Morgan fingerprint density at radius 2 is 1.39 bits per heavy atom. The Labute approximate surface area is 165 Å². The summed E-state index contributed by atoms with van der Waals surface area (Å²) in [6.07, 6.45) is 0. The Hall–Kier alpha value is -3.36. The molecule has 0 fully saturated rings. The lowest BCUT2D eigenvalue weighted by Gasteiger charge is -2.09. The largest absolute Gasteiger partial charge is 0.309 e. The highest BCUT2D eigenvalue weighted by Crippen LogP contribution is 2.46. The van der Waals surface area contributed by atoms with Crippen LogP contribution in [-0.4, -0.2) is 4.57 Å². The second-order valence-corrected chi connectivity index (χ2v) is 8.49. The molecular formula is C26H15NS. The van der Waals surface area contributed by atoms with Gasteiger partial charge in [0.2, 0.25) is 0 Å². The van der Waals surface area contributed by atoms with Gasteiger partial charge in [-0.05, 0) is 41.1 Å². The zero-order valence-corrected chi connectivity index (χ0v) is 15.8. The lowest BCUT2D eigenvalue weighted by atomic mass is 10.00. The van der Waals surface area contributed by atoms with E-state index in [1.54, 1.807) is 0 Å². The summed E-state index contributed by atoms with van der Waals surface area (Å²) in [5, 5.41) is 8.12. The van der Waals surface area contributed by atoms with Gasteiger partial charge < -0.3 is 4.57 Å². The summed E-state index contributed by atoms with van der Waals surface area (Å²) < 4.78 is 5.17. The van der Waals surface area contributed by atoms with Crippen molar-refractivity contribution in [3.63, 3.8) is 0 Å². The van der Waals surface area contributed by atoms with Gasteiger partial charge in [0.25, 0.3) is 0 Å². The van der Waals surface area contributed by atoms with Crippen LogP contribution in [0.4, 0.5) is 0 Å². The standard InChI is InChI=1S/C26H15NS/c1-2-8-18(9-3-1)27-20-11-6-7-16-13-14-17-15-22-25(26(27)24(17)23(16)20)19-10-4-5-12-21(19)28-22/h1-15H. The van der Waals surface area contributed by atoms with E-state index in [1.807, 2.05) is 11.3 Å². The summed E-state index contributed by atoms with van der Waals surface area (Å²) in [7, 11) is 0. The maximum absolute atomic E-state index is 2.46. The van der Waals surface area contributed by atoms with Crippen molar-refractivity contribution in [1.29, 1.82) is 0 Å². The summed E-state index contributed by atoms with van der Waals surface area (Å²) in [6, 6.07) is 33.1. The zero-order chi connectivity index (χ0) is 18.2. The average molecular weight is 373 g/mol. The van der Waals surface area contributed by atoms with Gasteiger partial charge in [-0.15, -0.1) is 11.3 Å². The van der Waals surface area contributed by atoms with Crippen LogP contribution in [0, 0.1) is 0 Å². The van der Waals surface area contributed by atoms with Crippen molar-refractivity contribution in [3.05, 3.63) is 91.0 Å². The third-order valence-corrected chi connectivity index (χ3v) is 7.04. The summed E-state index contributed by atoms with van der Waals surface area (Å²) in [5.41, 5.74) is 3.84.